The van der Waals surface area contributed by atoms with Crippen molar-refractivity contribution in [1.29, 1.82) is 0 Å². The molecule has 3 heterocycles. The molecule has 0 unspecified atom stereocenters. The fraction of sp³-hybridized carbons (Fsp3) is 0.375. The van der Waals surface area contributed by atoms with Crippen LogP contribution in [-0.2, 0) is 18.8 Å². The second kappa shape index (κ2) is 11.8. The van der Waals surface area contributed by atoms with Crippen molar-refractivity contribution in [2.24, 2.45) is 11.3 Å². The number of halogens is 1. The molecule has 1 fully saturated rings. The minimum Gasteiger partial charge on any atom is -0.481 e. The number of aliphatic carboxylic acids is 2. The van der Waals surface area contributed by atoms with Gasteiger partial charge in [0, 0.05) is 17.5 Å². The van der Waals surface area contributed by atoms with E-state index in [1.807, 2.05) is 36.4 Å². The normalized spacial score (nSPS) is 22.6. The molecule has 0 aliphatic carbocycles. The first-order valence-electron chi connectivity index (χ1n) is 14.2. The van der Waals surface area contributed by atoms with Crippen LogP contribution in [0.15, 0.2) is 79.3 Å². The van der Waals surface area contributed by atoms with E-state index in [2.05, 4.69) is 55.0 Å². The lowest BCUT2D eigenvalue weighted by Crippen LogP contribution is -2.67. The first-order chi connectivity index (χ1) is 20.4. The summed E-state index contributed by atoms with van der Waals surface area (Å²) >= 11 is 6.32. The fourth-order valence-corrected chi connectivity index (χ4v) is 11.4. The number of rotatable bonds is 10. The molecule has 2 aromatic heterocycles. The maximum absolute atomic E-state index is 12.3. The van der Waals surface area contributed by atoms with E-state index in [-0.39, 0.29) is 29.6 Å². The Balaban J connectivity index is 1.62. The van der Waals surface area contributed by atoms with Gasteiger partial charge in [0.2, 0.25) is 0 Å². The maximum atomic E-state index is 12.3. The van der Waals surface area contributed by atoms with Crippen molar-refractivity contribution >= 4 is 53.3 Å². The van der Waals surface area contributed by atoms with Crippen LogP contribution in [0.25, 0.3) is 11.0 Å². The van der Waals surface area contributed by atoms with E-state index in [0.717, 1.165) is 10.4 Å². The van der Waals surface area contributed by atoms with Crippen molar-refractivity contribution in [3.05, 3.63) is 84.4 Å². The quantitative estimate of drug-likeness (QED) is 0.184. The number of carboxylic acid groups (broad SMARTS) is 2. The van der Waals surface area contributed by atoms with Gasteiger partial charge in [-0.2, -0.15) is 0 Å². The summed E-state index contributed by atoms with van der Waals surface area (Å²) in [5, 5.41) is 22.7. The summed E-state index contributed by atoms with van der Waals surface area (Å²) in [5.41, 5.74) is -0.611. The number of hydrogen-bond donors (Lipinski definition) is 2. The first-order valence-corrected chi connectivity index (χ1v) is 16.5. The number of aromatic nitrogens is 3. The van der Waals surface area contributed by atoms with Crippen LogP contribution in [0.2, 0.25) is 10.2 Å². The highest BCUT2D eigenvalue weighted by molar-refractivity contribution is 6.99. The van der Waals surface area contributed by atoms with Gasteiger partial charge in [0.05, 0.1) is 30.9 Å². The maximum Gasteiger partial charge on any atom is 0.304 e. The smallest absolute Gasteiger partial charge is 0.304 e. The summed E-state index contributed by atoms with van der Waals surface area (Å²) in [6, 6.07) is 22.0. The third-order valence-electron chi connectivity index (χ3n) is 8.76. The standard InChI is InChI=1S/C32H36ClN3O6Si/c1-31(2,3)43(21-11-7-5-8-12-21,22-13-9-6-10-14-22)41-19-25-32(4,18-27(39)40)24(17-26(37)38)30(42-25)36-16-15-23-28(33)34-20-35-29(23)36/h5-16,20,24-25,30H,17-19H2,1-4H3,(H,37,38)(H,39,40)/t24-,25-,30+,32+/m0/s1. The van der Waals surface area contributed by atoms with Crippen molar-refractivity contribution in [2.45, 2.75) is 57.9 Å². The average Bonchev–Trinajstić information content (AvgIpc) is 3.49. The Hall–Kier alpha value is -3.57. The first kappa shape index (κ1) is 30.9. The van der Waals surface area contributed by atoms with Gasteiger partial charge in [0.1, 0.15) is 23.4 Å². The lowest BCUT2D eigenvalue weighted by molar-refractivity contribution is -0.144. The second-order valence-corrected chi connectivity index (χ2v) is 17.1. The van der Waals surface area contributed by atoms with Gasteiger partial charge in [0.25, 0.3) is 8.32 Å². The van der Waals surface area contributed by atoms with Gasteiger partial charge in [-0.3, -0.25) is 9.59 Å². The average molecular weight is 622 g/mol. The Morgan fingerprint density at radius 2 is 1.60 bits per heavy atom. The number of carboxylic acids is 2. The van der Waals surface area contributed by atoms with Crippen LogP contribution in [0, 0.1) is 11.3 Å². The summed E-state index contributed by atoms with van der Waals surface area (Å²) in [7, 11) is -3.00. The number of nitrogens with zero attached hydrogens (tertiary/aromatic N) is 3. The predicted octanol–water partition coefficient (Wildman–Crippen LogP) is 5.13. The Bertz CT molecular complexity index is 1570. The molecule has 11 heteroatoms. The Morgan fingerprint density at radius 3 is 2.14 bits per heavy atom. The van der Waals surface area contributed by atoms with Crippen LogP contribution >= 0.6 is 11.6 Å². The minimum atomic E-state index is -3.00. The van der Waals surface area contributed by atoms with Gasteiger partial charge in [0.15, 0.2) is 0 Å². The Morgan fingerprint density at radius 1 is 1.00 bits per heavy atom. The molecule has 9 nitrogen and oxygen atoms in total. The molecular weight excluding hydrogens is 586 g/mol. The lowest BCUT2D eigenvalue weighted by Gasteiger charge is -2.44. The van der Waals surface area contributed by atoms with Crippen LogP contribution in [0.3, 0.4) is 0 Å². The van der Waals surface area contributed by atoms with Crippen molar-refractivity contribution in [3.63, 3.8) is 0 Å². The minimum absolute atomic E-state index is 0.0681. The molecule has 0 bridgehead atoms. The molecular formula is C32H36ClN3O6Si. The molecule has 2 N–H and O–H groups in total. The van der Waals surface area contributed by atoms with Crippen molar-refractivity contribution in [3.8, 4) is 0 Å². The molecule has 0 saturated carbocycles. The number of carbonyl (C=O) groups is 2. The molecule has 4 aromatic rings. The van der Waals surface area contributed by atoms with Crippen LogP contribution in [0.4, 0.5) is 0 Å². The summed E-state index contributed by atoms with van der Waals surface area (Å²) in [6.07, 6.45) is 0.902. The van der Waals surface area contributed by atoms with E-state index in [1.165, 1.54) is 6.33 Å². The summed E-state index contributed by atoms with van der Waals surface area (Å²) in [6.45, 7) is 8.35. The van der Waals surface area contributed by atoms with E-state index in [0.29, 0.717) is 11.0 Å². The van der Waals surface area contributed by atoms with E-state index in [1.54, 1.807) is 23.8 Å². The molecule has 226 valence electrons. The summed E-state index contributed by atoms with van der Waals surface area (Å²) in [4.78, 5) is 33.0. The van der Waals surface area contributed by atoms with Crippen molar-refractivity contribution in [1.82, 2.24) is 14.5 Å². The monoisotopic (exact) mass is 621 g/mol. The largest absolute Gasteiger partial charge is 0.481 e. The van der Waals surface area contributed by atoms with Crippen LogP contribution in [0.1, 0.15) is 46.8 Å². The van der Waals surface area contributed by atoms with E-state index >= 15 is 0 Å². The molecule has 0 amide bonds. The highest BCUT2D eigenvalue weighted by Crippen LogP contribution is 2.53. The summed E-state index contributed by atoms with van der Waals surface area (Å²) in [5.74, 6) is -2.80. The van der Waals surface area contributed by atoms with Gasteiger partial charge < -0.3 is 23.9 Å². The van der Waals surface area contributed by atoms with E-state index in [4.69, 9.17) is 20.8 Å². The van der Waals surface area contributed by atoms with Gasteiger partial charge in [-0.1, -0.05) is 100.0 Å². The van der Waals surface area contributed by atoms with Gasteiger partial charge in [-0.15, -0.1) is 0 Å². The third kappa shape index (κ3) is 5.60. The number of ether oxygens (including phenoxy) is 1. The second-order valence-electron chi connectivity index (χ2n) is 12.4. The lowest BCUT2D eigenvalue weighted by atomic mass is 9.70. The molecule has 1 aliphatic rings. The van der Waals surface area contributed by atoms with Crippen LogP contribution < -0.4 is 10.4 Å². The number of fused-ring (bicyclic) bond motifs is 1. The molecule has 43 heavy (non-hydrogen) atoms. The molecule has 0 spiro atoms. The van der Waals surface area contributed by atoms with E-state index in [9.17, 15) is 19.8 Å². The fourth-order valence-electron chi connectivity index (χ4n) is 6.67. The Kier molecular flexibility index (Phi) is 8.50. The molecule has 4 atom stereocenters. The molecule has 1 saturated heterocycles. The highest BCUT2D eigenvalue weighted by atomic mass is 35.5. The van der Waals surface area contributed by atoms with E-state index < -0.39 is 43.9 Å². The van der Waals surface area contributed by atoms with Gasteiger partial charge >= 0.3 is 11.9 Å². The topological polar surface area (TPSA) is 124 Å². The zero-order valence-corrected chi connectivity index (χ0v) is 26.4. The van der Waals surface area contributed by atoms with Crippen molar-refractivity contribution < 1.29 is 29.0 Å². The molecule has 2 aromatic carbocycles. The van der Waals surface area contributed by atoms with Crippen molar-refractivity contribution in [2.75, 3.05) is 6.61 Å². The Labute approximate surface area is 256 Å². The molecule has 5 rings (SSSR count). The molecule has 1 aliphatic heterocycles. The zero-order chi connectivity index (χ0) is 31.0. The third-order valence-corrected chi connectivity index (χ3v) is 14.1. The predicted molar refractivity (Wildman–Crippen MR) is 166 cm³/mol. The van der Waals surface area contributed by atoms with Gasteiger partial charge in [-0.25, -0.2) is 9.97 Å². The number of hydrogen-bond acceptors (Lipinski definition) is 6. The number of benzene rings is 2. The van der Waals surface area contributed by atoms with Crippen LogP contribution in [0.5, 0.6) is 0 Å². The molecule has 0 radical (unpaired) electrons. The zero-order valence-electron chi connectivity index (χ0n) is 24.6. The summed E-state index contributed by atoms with van der Waals surface area (Å²) < 4.78 is 15.6. The highest BCUT2D eigenvalue weighted by Gasteiger charge is 2.58. The van der Waals surface area contributed by atoms with Crippen LogP contribution in [-0.4, -0.2) is 57.7 Å². The van der Waals surface area contributed by atoms with Gasteiger partial charge in [-0.05, 0) is 21.5 Å². The SMILES string of the molecule is CC(C)(C)[Si](OC[C@@H]1O[C@@H](n2ccc3c(Cl)ncnc32)[C@H](CC(=O)O)[C@@]1(C)CC(=O)O)(c1ccccc1)c1ccccc1.